The van der Waals surface area contributed by atoms with Crippen LogP contribution >= 0.6 is 22.6 Å². The van der Waals surface area contributed by atoms with Gasteiger partial charge in [0.2, 0.25) is 0 Å². The van der Waals surface area contributed by atoms with Crippen molar-refractivity contribution in [3.8, 4) is 12.3 Å². The molecule has 0 aromatic rings. The summed E-state index contributed by atoms with van der Waals surface area (Å²) in [6.45, 7) is 2.02. The minimum Gasteiger partial charge on any atom is -0.465 e. The zero-order chi connectivity index (χ0) is 9.56. The van der Waals surface area contributed by atoms with Gasteiger partial charge in [-0.2, -0.15) is 0 Å². The lowest BCUT2D eigenvalue weighted by Gasteiger charge is -2.15. The van der Waals surface area contributed by atoms with Gasteiger partial charge in [0.05, 0.1) is 0 Å². The third kappa shape index (κ3) is 6.28. The average molecular weight is 281 g/mol. The first-order valence-corrected chi connectivity index (χ1v) is 4.87. The van der Waals surface area contributed by atoms with E-state index in [9.17, 15) is 4.79 Å². The van der Waals surface area contributed by atoms with Gasteiger partial charge >= 0.3 is 6.09 Å². The van der Waals surface area contributed by atoms with Crippen molar-refractivity contribution in [1.82, 2.24) is 5.32 Å². The lowest BCUT2D eigenvalue weighted by molar-refractivity contribution is 0.189. The van der Waals surface area contributed by atoms with Crippen LogP contribution in [0.5, 0.6) is 0 Å². The molecule has 2 unspecified atom stereocenters. The first kappa shape index (κ1) is 11.6. The number of rotatable bonds is 4. The summed E-state index contributed by atoms with van der Waals surface area (Å²) in [5.41, 5.74) is 0. The molecule has 0 rings (SSSR count). The van der Waals surface area contributed by atoms with Crippen molar-refractivity contribution >= 4 is 28.7 Å². The zero-order valence-electron chi connectivity index (χ0n) is 6.88. The van der Waals surface area contributed by atoms with Crippen LogP contribution in [0.2, 0.25) is 0 Å². The van der Waals surface area contributed by atoms with E-state index in [1.54, 1.807) is 0 Å². The van der Waals surface area contributed by atoms with Crippen LogP contribution in [0.15, 0.2) is 0 Å². The number of hydrogen-bond donors (Lipinski definition) is 2. The molecule has 0 bridgehead atoms. The van der Waals surface area contributed by atoms with Crippen LogP contribution in [0.1, 0.15) is 19.8 Å². The van der Waals surface area contributed by atoms with Crippen LogP contribution in [0, 0.1) is 12.3 Å². The number of carboxylic acid groups (broad SMARTS) is 1. The summed E-state index contributed by atoms with van der Waals surface area (Å²) in [7, 11) is 0. The molecule has 1 amide bonds. The maximum atomic E-state index is 10.3. The van der Waals surface area contributed by atoms with Gasteiger partial charge in [0.1, 0.15) is 0 Å². The lowest BCUT2D eigenvalue weighted by atomic mass is 10.1. The molecule has 68 valence electrons. The highest BCUT2D eigenvalue weighted by Crippen LogP contribution is 2.09. The minimum absolute atomic E-state index is 0.112. The molecular weight excluding hydrogens is 269 g/mol. The van der Waals surface area contributed by atoms with Crippen molar-refractivity contribution in [1.29, 1.82) is 0 Å². The van der Waals surface area contributed by atoms with Gasteiger partial charge in [-0.3, -0.25) is 0 Å². The van der Waals surface area contributed by atoms with E-state index in [1.807, 2.05) is 6.92 Å². The van der Waals surface area contributed by atoms with Gasteiger partial charge in [-0.25, -0.2) is 4.79 Å². The molecule has 3 nitrogen and oxygen atoms in total. The monoisotopic (exact) mass is 281 g/mol. The first-order chi connectivity index (χ1) is 5.56. The molecule has 2 N–H and O–H groups in total. The molecule has 0 aliphatic carbocycles. The van der Waals surface area contributed by atoms with Crippen LogP contribution < -0.4 is 5.32 Å². The van der Waals surface area contributed by atoms with Crippen LogP contribution in [0.4, 0.5) is 4.79 Å². The molecule has 0 aliphatic heterocycles. The van der Waals surface area contributed by atoms with Gasteiger partial charge in [-0.15, -0.1) is 12.3 Å². The van der Waals surface area contributed by atoms with E-state index >= 15 is 0 Å². The predicted octanol–water partition coefficient (Wildman–Crippen LogP) is 1.86. The van der Waals surface area contributed by atoms with Crippen molar-refractivity contribution in [2.45, 2.75) is 29.7 Å². The van der Waals surface area contributed by atoms with Crippen molar-refractivity contribution in [3.63, 3.8) is 0 Å². The summed E-state index contributed by atoms with van der Waals surface area (Å²) in [5, 5.41) is 10.8. The fourth-order valence-electron chi connectivity index (χ4n) is 0.902. The second-order valence-electron chi connectivity index (χ2n) is 2.57. The Kier molecular flexibility index (Phi) is 5.89. The molecule has 0 spiro atoms. The number of halogens is 1. The molecule has 0 radical (unpaired) electrons. The molecule has 0 heterocycles. The van der Waals surface area contributed by atoms with E-state index in [-0.39, 0.29) is 6.04 Å². The van der Waals surface area contributed by atoms with E-state index < -0.39 is 6.09 Å². The summed E-state index contributed by atoms with van der Waals surface area (Å²) < 4.78 is 0.424. The average Bonchev–Trinajstić information content (AvgIpc) is 1.84. The van der Waals surface area contributed by atoms with Gasteiger partial charge in [0.25, 0.3) is 0 Å². The van der Waals surface area contributed by atoms with E-state index in [0.717, 1.165) is 6.42 Å². The highest BCUT2D eigenvalue weighted by molar-refractivity contribution is 14.1. The highest BCUT2D eigenvalue weighted by atomic mass is 127. The van der Waals surface area contributed by atoms with Crippen LogP contribution in [0.25, 0.3) is 0 Å². The first-order valence-electron chi connectivity index (χ1n) is 3.63. The summed E-state index contributed by atoms with van der Waals surface area (Å²) in [6, 6.07) is -0.112. The Balaban J connectivity index is 3.87. The third-order valence-corrected chi connectivity index (χ3v) is 1.81. The normalized spacial score (nSPS) is 14.4. The van der Waals surface area contributed by atoms with Crippen LogP contribution in [-0.4, -0.2) is 21.2 Å². The van der Waals surface area contributed by atoms with Gasteiger partial charge < -0.3 is 10.4 Å². The fourth-order valence-corrected chi connectivity index (χ4v) is 1.52. The maximum Gasteiger partial charge on any atom is 0.404 e. The fraction of sp³-hybridized carbons (Fsp3) is 0.625. The smallest absolute Gasteiger partial charge is 0.404 e. The summed E-state index contributed by atoms with van der Waals surface area (Å²) in [4.78, 5) is 10.3. The van der Waals surface area contributed by atoms with E-state index in [2.05, 4.69) is 33.8 Å². The Morgan fingerprint density at radius 3 is 2.75 bits per heavy atom. The van der Waals surface area contributed by atoms with Crippen molar-refractivity contribution in [2.75, 3.05) is 0 Å². The van der Waals surface area contributed by atoms with Crippen molar-refractivity contribution < 1.29 is 9.90 Å². The number of terminal acetylenes is 1. The number of carbonyl (C=O) groups is 1. The molecule has 0 saturated heterocycles. The molecule has 0 aliphatic rings. The summed E-state index contributed by atoms with van der Waals surface area (Å²) >= 11 is 2.24. The number of amides is 1. The molecule has 0 saturated carbocycles. The van der Waals surface area contributed by atoms with E-state index in [0.29, 0.717) is 10.3 Å². The highest BCUT2D eigenvalue weighted by Gasteiger charge is 2.12. The molecule has 12 heavy (non-hydrogen) atoms. The van der Waals surface area contributed by atoms with Crippen molar-refractivity contribution in [2.24, 2.45) is 0 Å². The Morgan fingerprint density at radius 2 is 2.42 bits per heavy atom. The summed E-state index contributed by atoms with van der Waals surface area (Å²) in [5.74, 6) is 2.45. The zero-order valence-corrected chi connectivity index (χ0v) is 9.04. The number of nitrogens with one attached hydrogen (secondary N) is 1. The second kappa shape index (κ2) is 6.12. The second-order valence-corrected chi connectivity index (χ2v) is 4.70. The standard InChI is InChI=1S/C8H12INO2/c1-3-4-7(5-6(2)9)10-8(11)12/h1,6-7,10H,4-5H2,2H3,(H,11,12). The van der Waals surface area contributed by atoms with Crippen molar-refractivity contribution in [3.05, 3.63) is 0 Å². The quantitative estimate of drug-likeness (QED) is 0.469. The van der Waals surface area contributed by atoms with Gasteiger partial charge in [0, 0.05) is 16.4 Å². The molecule has 0 aromatic heterocycles. The molecule has 2 atom stereocenters. The Morgan fingerprint density at radius 1 is 1.83 bits per heavy atom. The maximum absolute atomic E-state index is 10.3. The van der Waals surface area contributed by atoms with E-state index in [4.69, 9.17) is 11.5 Å². The molecule has 0 aromatic carbocycles. The minimum atomic E-state index is -1.01. The van der Waals surface area contributed by atoms with Gasteiger partial charge in [0.15, 0.2) is 0 Å². The van der Waals surface area contributed by atoms with E-state index in [1.165, 1.54) is 0 Å². The predicted molar refractivity (Wildman–Crippen MR) is 56.5 cm³/mol. The number of alkyl halides is 1. The third-order valence-electron chi connectivity index (χ3n) is 1.30. The van der Waals surface area contributed by atoms with Crippen LogP contribution in [0.3, 0.4) is 0 Å². The topological polar surface area (TPSA) is 49.3 Å². The molecule has 0 fully saturated rings. The lowest BCUT2D eigenvalue weighted by Crippen LogP contribution is -2.34. The molecule has 4 heteroatoms. The van der Waals surface area contributed by atoms with Gasteiger partial charge in [-0.05, 0) is 6.42 Å². The van der Waals surface area contributed by atoms with Gasteiger partial charge in [-0.1, -0.05) is 29.5 Å². The summed E-state index contributed by atoms with van der Waals surface area (Å²) in [6.07, 6.45) is 5.32. The molecular formula is C8H12INO2. The largest absolute Gasteiger partial charge is 0.465 e. The Hall–Kier alpha value is -0.440. The Labute approximate surface area is 86.1 Å². The SMILES string of the molecule is C#CCC(CC(C)I)NC(=O)O. The Bertz CT molecular complexity index is 186. The van der Waals surface area contributed by atoms with Crippen LogP contribution in [-0.2, 0) is 0 Å². The number of hydrogen-bond acceptors (Lipinski definition) is 1.